The zero-order valence-corrected chi connectivity index (χ0v) is 32.3. The van der Waals surface area contributed by atoms with E-state index in [1.54, 1.807) is 44.6 Å². The van der Waals surface area contributed by atoms with E-state index < -0.39 is 29.0 Å². The van der Waals surface area contributed by atoms with Gasteiger partial charge in [-0.05, 0) is 29.8 Å². The number of aldehydes is 1. The largest absolute Gasteiger partial charge is 0.480 e. The van der Waals surface area contributed by atoms with E-state index in [0.29, 0.717) is 73.9 Å². The van der Waals surface area contributed by atoms with E-state index in [4.69, 9.17) is 14.2 Å². The van der Waals surface area contributed by atoms with Crippen molar-refractivity contribution in [1.29, 1.82) is 0 Å². The number of nitrogens with zero attached hydrogens (tertiary/aromatic N) is 6. The second-order valence-electron chi connectivity index (χ2n) is 15.2. The SMILES string of the molecule is COCCN(CCNC(=O)c1nc(NC(=O)N[C@@]2(C=O)C=C[C@@H](Oc3ccc4nnc(C(C)(C)C)n4c3)c3ccccc32)cc(C(C)(C)C)n1)CCOC. The van der Waals surface area contributed by atoms with Gasteiger partial charge in [-0.15, -0.1) is 10.2 Å². The van der Waals surface area contributed by atoms with Crippen molar-refractivity contribution in [3.05, 3.63) is 89.3 Å². The Kier molecular flexibility index (Phi) is 12.4. The highest BCUT2D eigenvalue weighted by atomic mass is 16.5. The Balaban J connectivity index is 1.33. The number of fused-ring (bicyclic) bond motifs is 2. The number of ether oxygens (including phenoxy) is 3. The van der Waals surface area contributed by atoms with Crippen molar-refractivity contribution in [1.82, 2.24) is 40.1 Å². The van der Waals surface area contributed by atoms with Crippen LogP contribution in [0, 0.1) is 0 Å². The monoisotopic (exact) mass is 741 g/mol. The van der Waals surface area contributed by atoms with Crippen LogP contribution < -0.4 is 20.7 Å². The topological polar surface area (TPSA) is 174 Å². The molecule has 3 heterocycles. The van der Waals surface area contributed by atoms with Crippen molar-refractivity contribution in [3.63, 3.8) is 0 Å². The fourth-order valence-electron chi connectivity index (χ4n) is 6.01. The molecule has 0 aliphatic heterocycles. The lowest BCUT2D eigenvalue weighted by Crippen LogP contribution is -2.49. The molecule has 1 aliphatic carbocycles. The van der Waals surface area contributed by atoms with Crippen LogP contribution in [0.3, 0.4) is 0 Å². The van der Waals surface area contributed by atoms with Crippen LogP contribution in [0.4, 0.5) is 10.6 Å². The molecule has 1 aliphatic rings. The highest BCUT2D eigenvalue weighted by Gasteiger charge is 2.38. The molecule has 15 heteroatoms. The van der Waals surface area contributed by atoms with Gasteiger partial charge in [0, 0.05) is 62.9 Å². The molecule has 4 aromatic rings. The van der Waals surface area contributed by atoms with Gasteiger partial charge in [0.05, 0.1) is 25.1 Å². The lowest BCUT2D eigenvalue weighted by Gasteiger charge is -2.34. The first-order chi connectivity index (χ1) is 25.7. The Morgan fingerprint density at radius 1 is 0.944 bits per heavy atom. The molecule has 0 radical (unpaired) electrons. The van der Waals surface area contributed by atoms with Gasteiger partial charge in [0.1, 0.15) is 29.0 Å². The summed E-state index contributed by atoms with van der Waals surface area (Å²) in [6.45, 7) is 15.4. The predicted octanol–water partition coefficient (Wildman–Crippen LogP) is 4.34. The molecule has 0 saturated heterocycles. The number of benzene rings is 1. The number of aromatic nitrogens is 5. The number of carbonyl (C=O) groups is 3. The molecular formula is C39H51N9O6. The van der Waals surface area contributed by atoms with Gasteiger partial charge >= 0.3 is 6.03 Å². The van der Waals surface area contributed by atoms with Gasteiger partial charge in [0.25, 0.3) is 5.91 Å². The molecule has 3 amide bonds. The summed E-state index contributed by atoms with van der Waals surface area (Å²) in [6.07, 6.45) is 5.33. The Morgan fingerprint density at radius 3 is 2.33 bits per heavy atom. The van der Waals surface area contributed by atoms with E-state index in [9.17, 15) is 14.4 Å². The van der Waals surface area contributed by atoms with Gasteiger partial charge in [0.15, 0.2) is 11.9 Å². The summed E-state index contributed by atoms with van der Waals surface area (Å²) < 4.78 is 18.8. The number of nitrogens with one attached hydrogen (secondary N) is 3. The van der Waals surface area contributed by atoms with Gasteiger partial charge in [-0.2, -0.15) is 0 Å². The predicted molar refractivity (Wildman–Crippen MR) is 204 cm³/mol. The molecule has 1 aromatic carbocycles. The number of rotatable bonds is 15. The quantitative estimate of drug-likeness (QED) is 0.117. The molecular weight excluding hydrogens is 690 g/mol. The third-order valence-electron chi connectivity index (χ3n) is 8.94. The maximum absolute atomic E-state index is 13.7. The highest BCUT2D eigenvalue weighted by Crippen LogP contribution is 2.37. The molecule has 3 N–H and O–H groups in total. The number of pyridine rings is 1. The van der Waals surface area contributed by atoms with Crippen molar-refractivity contribution < 1.29 is 28.6 Å². The van der Waals surface area contributed by atoms with Crippen LogP contribution in [0.5, 0.6) is 5.75 Å². The molecule has 5 rings (SSSR count). The van der Waals surface area contributed by atoms with Gasteiger partial charge < -0.3 is 24.8 Å². The summed E-state index contributed by atoms with van der Waals surface area (Å²) in [5.41, 5.74) is 0.266. The van der Waals surface area contributed by atoms with Crippen LogP contribution in [-0.4, -0.2) is 101 Å². The van der Waals surface area contributed by atoms with Crippen LogP contribution in [0.1, 0.15) is 80.9 Å². The molecule has 2 atom stereocenters. The lowest BCUT2D eigenvalue weighted by atomic mass is 9.81. The number of amides is 3. The molecule has 3 aromatic heterocycles. The second kappa shape index (κ2) is 16.8. The summed E-state index contributed by atoms with van der Waals surface area (Å²) in [4.78, 5) is 50.9. The van der Waals surface area contributed by atoms with E-state index in [-0.39, 0.29) is 17.1 Å². The molecule has 54 heavy (non-hydrogen) atoms. The van der Waals surface area contributed by atoms with Crippen LogP contribution in [-0.2, 0) is 30.6 Å². The number of methoxy groups -OCH3 is 2. The first-order valence-corrected chi connectivity index (χ1v) is 17.9. The molecule has 0 unspecified atom stereocenters. The van der Waals surface area contributed by atoms with Crippen LogP contribution in [0.25, 0.3) is 5.65 Å². The average molecular weight is 742 g/mol. The standard InChI is InChI=1S/C39H51N9O6/c1-37(2,3)30-23-31(42-33(41-30)34(50)40-17-18-47(19-21-52-7)20-22-53-8)43-36(51)44-39(25-49)16-15-29(27-11-9-10-12-28(27)39)54-26-13-14-32-45-46-35(38(4,5)6)48(32)24-26/h9-16,23-25,29H,17-22H2,1-8H3,(H,40,50)(H2,41,42,43,44,51)/t29-,39-/m1/s1. The summed E-state index contributed by atoms with van der Waals surface area (Å²) in [6, 6.07) is 11.9. The summed E-state index contributed by atoms with van der Waals surface area (Å²) in [7, 11) is 3.28. The third kappa shape index (κ3) is 9.45. The van der Waals surface area contributed by atoms with Gasteiger partial charge in [-0.3, -0.25) is 24.2 Å². The van der Waals surface area contributed by atoms with E-state index in [1.807, 2.05) is 55.6 Å². The van der Waals surface area contributed by atoms with Crippen molar-refractivity contribution >= 4 is 29.7 Å². The van der Waals surface area contributed by atoms with Crippen LogP contribution in [0.15, 0.2) is 60.8 Å². The van der Waals surface area contributed by atoms with E-state index in [2.05, 4.69) is 61.8 Å². The average Bonchev–Trinajstić information content (AvgIpc) is 3.57. The summed E-state index contributed by atoms with van der Waals surface area (Å²) >= 11 is 0. The maximum Gasteiger partial charge on any atom is 0.321 e. The van der Waals surface area contributed by atoms with Crippen molar-refractivity contribution in [3.8, 4) is 5.75 Å². The van der Waals surface area contributed by atoms with Crippen molar-refractivity contribution in [2.24, 2.45) is 0 Å². The number of urea groups is 1. The van der Waals surface area contributed by atoms with Gasteiger partial charge in [-0.25, -0.2) is 14.8 Å². The second-order valence-corrected chi connectivity index (χ2v) is 15.2. The van der Waals surface area contributed by atoms with Crippen LogP contribution in [0.2, 0.25) is 0 Å². The van der Waals surface area contributed by atoms with Gasteiger partial charge in [0.2, 0.25) is 5.82 Å². The Labute approximate surface area is 315 Å². The number of hydrogen-bond donors (Lipinski definition) is 3. The maximum atomic E-state index is 13.7. The molecule has 0 fully saturated rings. The first kappa shape index (κ1) is 39.9. The first-order valence-electron chi connectivity index (χ1n) is 17.9. The van der Waals surface area contributed by atoms with Gasteiger partial charge in [-0.1, -0.05) is 65.8 Å². The summed E-state index contributed by atoms with van der Waals surface area (Å²) in [5.74, 6) is 0.900. The molecule has 0 spiro atoms. The normalized spacial score (nSPS) is 16.9. The van der Waals surface area contributed by atoms with E-state index in [0.717, 1.165) is 5.82 Å². The minimum atomic E-state index is -1.52. The summed E-state index contributed by atoms with van der Waals surface area (Å²) in [5, 5.41) is 17.1. The fourth-order valence-corrected chi connectivity index (χ4v) is 6.01. The fraction of sp³-hybridized carbons (Fsp3) is 0.462. The molecule has 288 valence electrons. The Hall–Kier alpha value is -5.25. The highest BCUT2D eigenvalue weighted by molar-refractivity contribution is 5.94. The van der Waals surface area contributed by atoms with Crippen molar-refractivity contribution in [2.75, 3.05) is 58.9 Å². The molecule has 0 saturated carbocycles. The smallest absolute Gasteiger partial charge is 0.321 e. The lowest BCUT2D eigenvalue weighted by molar-refractivity contribution is -0.111. The number of hydrogen-bond acceptors (Lipinski definition) is 11. The van der Waals surface area contributed by atoms with Crippen molar-refractivity contribution in [2.45, 2.75) is 64.0 Å². The van der Waals surface area contributed by atoms with E-state index in [1.165, 1.54) is 0 Å². The zero-order chi connectivity index (χ0) is 39.1. The molecule has 0 bridgehead atoms. The third-order valence-corrected chi connectivity index (χ3v) is 8.94. The molecule has 15 nitrogen and oxygen atoms in total. The minimum Gasteiger partial charge on any atom is -0.480 e. The Bertz CT molecular complexity index is 1980. The zero-order valence-electron chi connectivity index (χ0n) is 32.3. The van der Waals surface area contributed by atoms with E-state index >= 15 is 0 Å². The Morgan fingerprint density at radius 2 is 1.67 bits per heavy atom. The van der Waals surface area contributed by atoms with Crippen LogP contribution >= 0.6 is 0 Å². The number of anilines is 1. The number of carbonyl (C=O) groups excluding carboxylic acids is 3. The minimum absolute atomic E-state index is 0.0923.